The van der Waals surface area contributed by atoms with E-state index in [0.29, 0.717) is 17.3 Å². The Labute approximate surface area is 131 Å². The molecule has 3 unspecified atom stereocenters. The number of fused-ring (bicyclic) bond motifs is 1. The van der Waals surface area contributed by atoms with Crippen molar-refractivity contribution in [3.05, 3.63) is 11.6 Å². The van der Waals surface area contributed by atoms with Crippen molar-refractivity contribution in [2.24, 2.45) is 5.92 Å². The predicted octanol–water partition coefficient (Wildman–Crippen LogP) is 4.21. The van der Waals surface area contributed by atoms with Gasteiger partial charge in [-0.1, -0.05) is 18.9 Å². The van der Waals surface area contributed by atoms with Crippen molar-refractivity contribution in [2.45, 2.75) is 73.4 Å². The molecule has 1 saturated heterocycles. The van der Waals surface area contributed by atoms with Crippen molar-refractivity contribution in [3.8, 4) is 6.07 Å². The number of nitriles is 1. The Balaban J connectivity index is 1.63. The molecule has 3 atom stereocenters. The first-order chi connectivity index (χ1) is 9.76. The van der Waals surface area contributed by atoms with E-state index in [-0.39, 0.29) is 5.37 Å². The molecular formula is C16H23ClN2S. The second kappa shape index (κ2) is 6.73. The molecule has 3 rings (SSSR count). The zero-order chi connectivity index (χ0) is 13.9. The summed E-state index contributed by atoms with van der Waals surface area (Å²) in [5, 5.41) is 14.5. The smallest absolute Gasteiger partial charge is 0.0969 e. The first-order valence-corrected chi connectivity index (χ1v) is 9.31. The molecule has 3 fully saturated rings. The van der Waals surface area contributed by atoms with Crippen LogP contribution in [0.25, 0.3) is 0 Å². The van der Waals surface area contributed by atoms with Crippen LogP contribution in [-0.4, -0.2) is 22.0 Å². The quantitative estimate of drug-likeness (QED) is 0.613. The highest BCUT2D eigenvalue weighted by atomic mass is 35.5. The third kappa shape index (κ3) is 3.35. The Morgan fingerprint density at radius 3 is 2.60 bits per heavy atom. The topological polar surface area (TPSA) is 35.8 Å². The van der Waals surface area contributed by atoms with Gasteiger partial charge in [-0.25, -0.2) is 0 Å². The monoisotopic (exact) mass is 310 g/mol. The van der Waals surface area contributed by atoms with Crippen LogP contribution in [0.4, 0.5) is 0 Å². The Morgan fingerprint density at radius 1 is 1.15 bits per heavy atom. The molecule has 2 saturated carbocycles. The van der Waals surface area contributed by atoms with Gasteiger partial charge in [0.25, 0.3) is 0 Å². The zero-order valence-electron chi connectivity index (χ0n) is 11.9. The molecule has 0 spiro atoms. The minimum atomic E-state index is 0.238. The molecule has 1 aliphatic heterocycles. The Hall–Kier alpha value is -0.170. The lowest BCUT2D eigenvalue weighted by Crippen LogP contribution is -2.35. The standard InChI is InChI=1S/C16H23ClN2S/c17-13-7-5-11(6-8-13)9-12(10-18)16-19-14-3-1-2-4-15(14)20-16/h9,11,13-16,19H,1-8H2/b12-9+. The van der Waals surface area contributed by atoms with Crippen LogP contribution in [0.1, 0.15) is 51.4 Å². The van der Waals surface area contributed by atoms with Gasteiger partial charge in [0.1, 0.15) is 0 Å². The number of rotatable bonds is 2. The maximum Gasteiger partial charge on any atom is 0.0969 e. The van der Waals surface area contributed by atoms with Crippen molar-refractivity contribution in [1.82, 2.24) is 5.32 Å². The molecule has 0 aromatic heterocycles. The molecule has 0 amide bonds. The van der Waals surface area contributed by atoms with E-state index in [1.54, 1.807) is 0 Å². The fourth-order valence-corrected chi connectivity index (χ4v) is 5.54. The lowest BCUT2D eigenvalue weighted by atomic mass is 9.87. The van der Waals surface area contributed by atoms with Gasteiger partial charge in [0.15, 0.2) is 0 Å². The maximum atomic E-state index is 9.50. The van der Waals surface area contributed by atoms with E-state index >= 15 is 0 Å². The average Bonchev–Trinajstić information content (AvgIpc) is 2.90. The number of allylic oxidation sites excluding steroid dienone is 1. The minimum absolute atomic E-state index is 0.238. The highest BCUT2D eigenvalue weighted by Gasteiger charge is 2.37. The molecule has 2 nitrogen and oxygen atoms in total. The molecule has 4 heteroatoms. The summed E-state index contributed by atoms with van der Waals surface area (Å²) in [6.45, 7) is 0. The lowest BCUT2D eigenvalue weighted by molar-refractivity contribution is 0.405. The number of thioether (sulfide) groups is 1. The van der Waals surface area contributed by atoms with E-state index in [4.69, 9.17) is 11.6 Å². The molecule has 20 heavy (non-hydrogen) atoms. The van der Waals surface area contributed by atoms with Gasteiger partial charge in [-0.2, -0.15) is 5.26 Å². The fraction of sp³-hybridized carbons (Fsp3) is 0.812. The fourth-order valence-electron chi connectivity index (χ4n) is 3.70. The molecule has 1 N–H and O–H groups in total. The number of nitrogens with one attached hydrogen (secondary N) is 1. The number of alkyl halides is 1. The van der Waals surface area contributed by atoms with Crippen molar-refractivity contribution in [2.75, 3.05) is 0 Å². The summed E-state index contributed by atoms with van der Waals surface area (Å²) in [6.07, 6.45) is 12.0. The van der Waals surface area contributed by atoms with Gasteiger partial charge < -0.3 is 0 Å². The van der Waals surface area contributed by atoms with Gasteiger partial charge >= 0.3 is 0 Å². The molecule has 1 heterocycles. The summed E-state index contributed by atoms with van der Waals surface area (Å²) in [6, 6.07) is 3.09. The van der Waals surface area contributed by atoms with Crippen LogP contribution >= 0.6 is 23.4 Å². The van der Waals surface area contributed by atoms with Gasteiger partial charge in [-0.05, 0) is 44.4 Å². The van der Waals surface area contributed by atoms with Crippen LogP contribution in [0.5, 0.6) is 0 Å². The molecule has 0 radical (unpaired) electrons. The van der Waals surface area contributed by atoms with Gasteiger partial charge in [0, 0.05) is 16.7 Å². The second-order valence-corrected chi connectivity index (χ2v) is 8.32. The van der Waals surface area contributed by atoms with Crippen LogP contribution in [0, 0.1) is 17.2 Å². The van der Waals surface area contributed by atoms with Crippen LogP contribution < -0.4 is 5.32 Å². The summed E-state index contributed by atoms with van der Waals surface area (Å²) in [4.78, 5) is 0. The van der Waals surface area contributed by atoms with E-state index < -0.39 is 0 Å². The summed E-state index contributed by atoms with van der Waals surface area (Å²) in [7, 11) is 0. The third-order valence-corrected chi connectivity index (χ3v) is 6.92. The molecule has 0 aromatic rings. The normalized spacial score (nSPS) is 42.0. The Morgan fingerprint density at radius 2 is 1.90 bits per heavy atom. The first kappa shape index (κ1) is 14.8. The predicted molar refractivity (Wildman–Crippen MR) is 85.9 cm³/mol. The highest BCUT2D eigenvalue weighted by Crippen LogP contribution is 2.40. The number of hydrogen-bond donors (Lipinski definition) is 1. The summed E-state index contributed by atoms with van der Waals surface area (Å²) < 4.78 is 0. The van der Waals surface area contributed by atoms with Crippen LogP contribution in [-0.2, 0) is 0 Å². The van der Waals surface area contributed by atoms with Gasteiger partial charge in [0.05, 0.1) is 17.0 Å². The van der Waals surface area contributed by atoms with E-state index in [1.165, 1.54) is 25.7 Å². The van der Waals surface area contributed by atoms with Crippen molar-refractivity contribution >= 4 is 23.4 Å². The maximum absolute atomic E-state index is 9.50. The van der Waals surface area contributed by atoms with Crippen molar-refractivity contribution in [1.29, 1.82) is 5.26 Å². The second-order valence-electron chi connectivity index (χ2n) is 6.36. The minimum Gasteiger partial charge on any atom is -0.297 e. The van der Waals surface area contributed by atoms with Crippen molar-refractivity contribution < 1.29 is 0 Å². The molecule has 110 valence electrons. The van der Waals surface area contributed by atoms with E-state index in [0.717, 1.165) is 36.5 Å². The van der Waals surface area contributed by atoms with Gasteiger partial charge in [0.2, 0.25) is 0 Å². The largest absolute Gasteiger partial charge is 0.297 e. The summed E-state index contributed by atoms with van der Waals surface area (Å²) >= 11 is 8.15. The van der Waals surface area contributed by atoms with E-state index in [9.17, 15) is 5.26 Å². The Kier molecular flexibility index (Phi) is 4.96. The molecule has 2 aliphatic carbocycles. The van der Waals surface area contributed by atoms with Gasteiger partial charge in [-0.15, -0.1) is 23.4 Å². The Bertz CT molecular complexity index is 395. The SMILES string of the molecule is N#C/C(=C\C1CCC(Cl)CC1)C1NC2CCCCC2S1. The van der Waals surface area contributed by atoms with E-state index in [1.807, 2.05) is 11.8 Å². The molecule has 0 aromatic carbocycles. The third-order valence-electron chi connectivity index (χ3n) is 4.91. The first-order valence-electron chi connectivity index (χ1n) is 7.93. The van der Waals surface area contributed by atoms with Crippen molar-refractivity contribution in [3.63, 3.8) is 0 Å². The van der Waals surface area contributed by atoms with E-state index in [2.05, 4.69) is 17.5 Å². The lowest BCUT2D eigenvalue weighted by Gasteiger charge is -2.23. The number of nitrogens with zero attached hydrogens (tertiary/aromatic N) is 1. The van der Waals surface area contributed by atoms with Crippen LogP contribution in [0.15, 0.2) is 11.6 Å². The summed E-state index contributed by atoms with van der Waals surface area (Å²) in [5.74, 6) is 0.560. The van der Waals surface area contributed by atoms with Gasteiger partial charge in [-0.3, -0.25) is 5.32 Å². The number of halogens is 1. The van der Waals surface area contributed by atoms with Crippen LogP contribution in [0.2, 0.25) is 0 Å². The molecular weight excluding hydrogens is 288 g/mol. The van der Waals surface area contributed by atoms with Crippen LogP contribution in [0.3, 0.4) is 0 Å². The average molecular weight is 311 g/mol. The molecule has 3 aliphatic rings. The highest BCUT2D eigenvalue weighted by molar-refractivity contribution is 8.01. The molecule has 0 bridgehead atoms. The zero-order valence-corrected chi connectivity index (χ0v) is 13.4. The summed E-state index contributed by atoms with van der Waals surface area (Å²) in [5.41, 5.74) is 0.961. The number of hydrogen-bond acceptors (Lipinski definition) is 3.